The van der Waals surface area contributed by atoms with Crippen LogP contribution >= 0.6 is 0 Å². The van der Waals surface area contributed by atoms with Crippen molar-refractivity contribution in [3.8, 4) is 5.82 Å². The van der Waals surface area contributed by atoms with E-state index in [1.165, 1.54) is 11.1 Å². The number of nitrogens with zero attached hydrogens (tertiary/aromatic N) is 5. The van der Waals surface area contributed by atoms with Crippen LogP contribution in [0.3, 0.4) is 0 Å². The first kappa shape index (κ1) is 12.8. The summed E-state index contributed by atoms with van der Waals surface area (Å²) in [5.41, 5.74) is 9.59. The molecular weight excluding hydrogens is 276 g/mol. The second-order valence-corrected chi connectivity index (χ2v) is 5.33. The summed E-state index contributed by atoms with van der Waals surface area (Å²) >= 11 is 0. The molecule has 4 rings (SSSR count). The number of nitrogen functional groups attached to an aromatic ring is 1. The van der Waals surface area contributed by atoms with Crippen LogP contribution in [-0.4, -0.2) is 26.3 Å². The molecule has 0 spiro atoms. The van der Waals surface area contributed by atoms with E-state index in [0.29, 0.717) is 11.5 Å². The summed E-state index contributed by atoms with van der Waals surface area (Å²) in [6.07, 6.45) is 6.08. The molecule has 0 saturated carbocycles. The zero-order chi connectivity index (χ0) is 14.9. The third-order valence-electron chi connectivity index (χ3n) is 3.99. The maximum absolute atomic E-state index is 6.30. The molecule has 0 bridgehead atoms. The van der Waals surface area contributed by atoms with E-state index in [9.17, 15) is 0 Å². The second-order valence-electron chi connectivity index (χ2n) is 5.33. The van der Waals surface area contributed by atoms with Crippen molar-refractivity contribution in [3.05, 3.63) is 60.2 Å². The van der Waals surface area contributed by atoms with Crippen LogP contribution in [0.1, 0.15) is 11.1 Å². The summed E-state index contributed by atoms with van der Waals surface area (Å²) in [5, 5.41) is 4.20. The molecule has 3 aromatic rings. The summed E-state index contributed by atoms with van der Waals surface area (Å²) in [6, 6.07) is 10.3. The zero-order valence-corrected chi connectivity index (χ0v) is 12.1. The molecule has 0 aliphatic carbocycles. The SMILES string of the molecule is Nc1c(N2CCc3ccccc3C2)ncnc1-n1cccn1. The minimum atomic E-state index is 0.561. The molecule has 2 N–H and O–H groups in total. The Hall–Kier alpha value is -2.89. The Labute approximate surface area is 128 Å². The van der Waals surface area contributed by atoms with Crippen molar-refractivity contribution in [2.24, 2.45) is 0 Å². The van der Waals surface area contributed by atoms with Crippen molar-refractivity contribution < 1.29 is 0 Å². The van der Waals surface area contributed by atoms with Gasteiger partial charge in [-0.05, 0) is 23.6 Å². The normalized spacial score (nSPS) is 13.9. The predicted molar refractivity (Wildman–Crippen MR) is 84.8 cm³/mol. The number of anilines is 2. The number of hydrogen-bond acceptors (Lipinski definition) is 5. The van der Waals surface area contributed by atoms with Crippen molar-refractivity contribution in [3.63, 3.8) is 0 Å². The first-order chi connectivity index (χ1) is 10.8. The number of rotatable bonds is 2. The fourth-order valence-electron chi connectivity index (χ4n) is 2.88. The van der Waals surface area contributed by atoms with Crippen molar-refractivity contribution in [1.82, 2.24) is 19.7 Å². The average Bonchev–Trinajstić information content (AvgIpc) is 3.09. The lowest BCUT2D eigenvalue weighted by molar-refractivity contribution is 0.718. The average molecular weight is 292 g/mol. The fraction of sp³-hybridized carbons (Fsp3) is 0.188. The van der Waals surface area contributed by atoms with Crippen molar-refractivity contribution in [2.75, 3.05) is 17.2 Å². The number of nitrogens with two attached hydrogens (primary N) is 1. The smallest absolute Gasteiger partial charge is 0.181 e. The molecule has 110 valence electrons. The van der Waals surface area contributed by atoms with Gasteiger partial charge >= 0.3 is 0 Å². The Morgan fingerprint density at radius 1 is 1.00 bits per heavy atom. The Morgan fingerprint density at radius 2 is 1.82 bits per heavy atom. The molecule has 0 saturated heterocycles. The molecule has 1 aromatic carbocycles. The van der Waals surface area contributed by atoms with E-state index >= 15 is 0 Å². The van der Waals surface area contributed by atoms with E-state index < -0.39 is 0 Å². The van der Waals surface area contributed by atoms with Crippen molar-refractivity contribution >= 4 is 11.5 Å². The molecule has 0 radical (unpaired) electrons. The Balaban J connectivity index is 1.71. The summed E-state index contributed by atoms with van der Waals surface area (Å²) < 4.78 is 1.67. The number of benzene rings is 1. The maximum Gasteiger partial charge on any atom is 0.181 e. The Morgan fingerprint density at radius 3 is 2.64 bits per heavy atom. The Bertz CT molecular complexity index is 796. The highest BCUT2D eigenvalue weighted by Crippen LogP contribution is 2.29. The van der Waals surface area contributed by atoms with Gasteiger partial charge in [0, 0.05) is 25.5 Å². The van der Waals surface area contributed by atoms with Crippen LogP contribution < -0.4 is 10.6 Å². The Kier molecular flexibility index (Phi) is 3.00. The molecule has 0 fully saturated rings. The van der Waals surface area contributed by atoms with Gasteiger partial charge in [0.25, 0.3) is 0 Å². The molecule has 0 atom stereocenters. The topological polar surface area (TPSA) is 72.9 Å². The van der Waals surface area contributed by atoms with E-state index in [0.717, 1.165) is 25.3 Å². The molecule has 1 aliphatic heterocycles. The maximum atomic E-state index is 6.30. The lowest BCUT2D eigenvalue weighted by Crippen LogP contribution is -2.32. The molecule has 6 nitrogen and oxygen atoms in total. The van der Waals surface area contributed by atoms with Gasteiger partial charge in [-0.15, -0.1) is 0 Å². The minimum Gasteiger partial charge on any atom is -0.393 e. The quantitative estimate of drug-likeness (QED) is 0.780. The number of hydrogen-bond donors (Lipinski definition) is 1. The van der Waals surface area contributed by atoms with Crippen LogP contribution in [0.25, 0.3) is 5.82 Å². The van der Waals surface area contributed by atoms with Crippen LogP contribution in [0, 0.1) is 0 Å². The van der Waals surface area contributed by atoms with E-state index in [1.54, 1.807) is 17.2 Å². The first-order valence-corrected chi connectivity index (χ1v) is 7.25. The van der Waals surface area contributed by atoms with Crippen LogP contribution in [0.2, 0.25) is 0 Å². The van der Waals surface area contributed by atoms with E-state index in [4.69, 9.17) is 5.73 Å². The zero-order valence-electron chi connectivity index (χ0n) is 12.1. The lowest BCUT2D eigenvalue weighted by Gasteiger charge is -2.30. The van der Waals surface area contributed by atoms with Crippen LogP contribution in [0.15, 0.2) is 49.1 Å². The summed E-state index contributed by atoms with van der Waals surface area (Å²) in [7, 11) is 0. The van der Waals surface area contributed by atoms with Gasteiger partial charge in [-0.2, -0.15) is 5.10 Å². The standard InChI is InChI=1S/C16H16N6/c17-14-15(18-11-19-16(14)22-8-3-7-20-22)21-9-6-12-4-1-2-5-13(12)10-21/h1-5,7-8,11H,6,9-10,17H2. The monoisotopic (exact) mass is 292 g/mol. The molecule has 22 heavy (non-hydrogen) atoms. The molecule has 1 aliphatic rings. The number of aromatic nitrogens is 4. The summed E-state index contributed by atoms with van der Waals surface area (Å²) in [6.45, 7) is 1.71. The molecule has 2 aromatic heterocycles. The minimum absolute atomic E-state index is 0.561. The third-order valence-corrected chi connectivity index (χ3v) is 3.99. The second kappa shape index (κ2) is 5.14. The van der Waals surface area contributed by atoms with Gasteiger partial charge in [0.1, 0.15) is 12.0 Å². The van der Waals surface area contributed by atoms with Gasteiger partial charge in [0.2, 0.25) is 0 Å². The highest BCUT2D eigenvalue weighted by Gasteiger charge is 2.21. The van der Waals surface area contributed by atoms with Gasteiger partial charge in [0.15, 0.2) is 11.6 Å². The highest BCUT2D eigenvalue weighted by atomic mass is 15.3. The largest absolute Gasteiger partial charge is 0.393 e. The molecule has 0 amide bonds. The molecular formula is C16H16N6. The fourth-order valence-corrected chi connectivity index (χ4v) is 2.88. The summed E-state index contributed by atoms with van der Waals surface area (Å²) in [4.78, 5) is 10.9. The lowest BCUT2D eigenvalue weighted by atomic mass is 10.00. The van der Waals surface area contributed by atoms with E-state index in [-0.39, 0.29) is 0 Å². The summed E-state index contributed by atoms with van der Waals surface area (Å²) in [5.74, 6) is 1.39. The van der Waals surface area contributed by atoms with Gasteiger partial charge in [-0.25, -0.2) is 14.6 Å². The van der Waals surface area contributed by atoms with Crippen molar-refractivity contribution in [1.29, 1.82) is 0 Å². The van der Waals surface area contributed by atoms with Gasteiger partial charge in [0.05, 0.1) is 0 Å². The highest BCUT2D eigenvalue weighted by molar-refractivity contribution is 5.70. The predicted octanol–water partition coefficient (Wildman–Crippen LogP) is 1.81. The van der Waals surface area contributed by atoms with E-state index in [1.807, 2.05) is 12.3 Å². The van der Waals surface area contributed by atoms with Gasteiger partial charge in [-0.3, -0.25) is 0 Å². The molecule has 6 heteroatoms. The molecule has 3 heterocycles. The third kappa shape index (κ3) is 2.09. The first-order valence-electron chi connectivity index (χ1n) is 7.25. The van der Waals surface area contributed by atoms with Crippen LogP contribution in [-0.2, 0) is 13.0 Å². The van der Waals surface area contributed by atoms with Gasteiger partial charge < -0.3 is 10.6 Å². The van der Waals surface area contributed by atoms with Crippen molar-refractivity contribution in [2.45, 2.75) is 13.0 Å². The van der Waals surface area contributed by atoms with E-state index in [2.05, 4.69) is 44.2 Å². The van der Waals surface area contributed by atoms with Gasteiger partial charge in [-0.1, -0.05) is 24.3 Å². The van der Waals surface area contributed by atoms with Crippen LogP contribution in [0.5, 0.6) is 0 Å². The number of fused-ring (bicyclic) bond motifs is 1. The van der Waals surface area contributed by atoms with Crippen LogP contribution in [0.4, 0.5) is 11.5 Å². The molecule has 0 unspecified atom stereocenters.